The van der Waals surface area contributed by atoms with Gasteiger partial charge in [0.05, 0.1) is 0 Å². The van der Waals surface area contributed by atoms with Crippen molar-refractivity contribution in [2.24, 2.45) is 17.8 Å². The van der Waals surface area contributed by atoms with E-state index in [9.17, 15) is 8.78 Å². The molecule has 0 saturated heterocycles. The van der Waals surface area contributed by atoms with Crippen molar-refractivity contribution < 1.29 is 13.5 Å². The molecule has 4 atom stereocenters. The zero-order chi connectivity index (χ0) is 23.9. The highest BCUT2D eigenvalue weighted by Crippen LogP contribution is 2.48. The Hall–Kier alpha value is -2.42. The lowest BCUT2D eigenvalue weighted by Crippen LogP contribution is -2.30. The molecule has 3 heteroatoms. The van der Waals surface area contributed by atoms with Gasteiger partial charge in [0.15, 0.2) is 17.4 Å². The van der Waals surface area contributed by atoms with Crippen molar-refractivity contribution in [3.8, 4) is 16.9 Å². The van der Waals surface area contributed by atoms with Gasteiger partial charge in [-0.05, 0) is 111 Å². The van der Waals surface area contributed by atoms with Crippen LogP contribution in [0.4, 0.5) is 8.78 Å². The van der Waals surface area contributed by atoms with Crippen molar-refractivity contribution in [1.29, 1.82) is 0 Å². The Morgan fingerprint density at radius 1 is 0.824 bits per heavy atom. The maximum absolute atomic E-state index is 14.5. The fourth-order valence-electron chi connectivity index (χ4n) is 6.09. The molecule has 2 aromatic rings. The summed E-state index contributed by atoms with van der Waals surface area (Å²) in [5.41, 5.74) is 2.74. The number of hydrogen-bond acceptors (Lipinski definition) is 1. The Bertz CT molecular complexity index is 968. The van der Waals surface area contributed by atoms with Gasteiger partial charge < -0.3 is 4.74 Å². The van der Waals surface area contributed by atoms with Gasteiger partial charge in [-0.25, -0.2) is 8.78 Å². The third kappa shape index (κ3) is 5.98. The van der Waals surface area contributed by atoms with Crippen molar-refractivity contribution in [2.75, 3.05) is 6.61 Å². The first kappa shape index (κ1) is 24.7. The van der Waals surface area contributed by atoms with Crippen molar-refractivity contribution in [3.63, 3.8) is 0 Å². The summed E-state index contributed by atoms with van der Waals surface area (Å²) in [7, 11) is 0. The second-order valence-electron chi connectivity index (χ2n) is 10.1. The van der Waals surface area contributed by atoms with E-state index in [0.717, 1.165) is 23.3 Å². The summed E-state index contributed by atoms with van der Waals surface area (Å²) in [5.74, 6) is 1.63. The van der Waals surface area contributed by atoms with Crippen molar-refractivity contribution in [1.82, 2.24) is 0 Å². The lowest BCUT2D eigenvalue weighted by atomic mass is 9.63. The second-order valence-corrected chi connectivity index (χ2v) is 10.1. The van der Waals surface area contributed by atoms with E-state index in [1.54, 1.807) is 12.2 Å². The highest BCUT2D eigenvalue weighted by Gasteiger charge is 2.35. The number of halogens is 2. The Kier molecular flexibility index (Phi) is 8.59. The molecule has 182 valence electrons. The van der Waals surface area contributed by atoms with Gasteiger partial charge in [-0.2, -0.15) is 0 Å². The van der Waals surface area contributed by atoms with Crippen LogP contribution in [0.2, 0.25) is 0 Å². The van der Waals surface area contributed by atoms with Gasteiger partial charge in [0, 0.05) is 0 Å². The van der Waals surface area contributed by atoms with Gasteiger partial charge in [-0.15, -0.1) is 0 Å². The number of hydrogen-bond donors (Lipinski definition) is 0. The summed E-state index contributed by atoms with van der Waals surface area (Å²) in [4.78, 5) is 0. The molecule has 0 bridgehead atoms. The summed E-state index contributed by atoms with van der Waals surface area (Å²) < 4.78 is 34.2. The molecule has 0 N–H and O–H groups in total. The van der Waals surface area contributed by atoms with Crippen LogP contribution in [0, 0.1) is 29.4 Å². The summed E-state index contributed by atoms with van der Waals surface area (Å²) in [6.07, 6.45) is 18.6. The summed E-state index contributed by atoms with van der Waals surface area (Å²) in [6, 6.07) is 11.1. The minimum Gasteiger partial charge on any atom is -0.483 e. The molecule has 4 unspecified atom stereocenters. The minimum atomic E-state index is -0.664. The van der Waals surface area contributed by atoms with E-state index in [2.05, 4.69) is 31.2 Å². The molecular formula is C31H38F2O. The van der Waals surface area contributed by atoms with Crippen LogP contribution in [-0.4, -0.2) is 6.61 Å². The van der Waals surface area contributed by atoms with Crippen LogP contribution in [0.25, 0.3) is 11.1 Å². The third-order valence-electron chi connectivity index (χ3n) is 7.97. The lowest BCUT2D eigenvalue weighted by molar-refractivity contribution is 0.115. The monoisotopic (exact) mass is 464 g/mol. The summed E-state index contributed by atoms with van der Waals surface area (Å²) >= 11 is 0. The zero-order valence-electron chi connectivity index (χ0n) is 20.6. The molecule has 2 aliphatic rings. The highest BCUT2D eigenvalue weighted by molar-refractivity contribution is 5.65. The average molecular weight is 465 g/mol. The van der Waals surface area contributed by atoms with E-state index >= 15 is 0 Å². The Morgan fingerprint density at radius 2 is 1.50 bits per heavy atom. The predicted molar refractivity (Wildman–Crippen MR) is 137 cm³/mol. The third-order valence-corrected chi connectivity index (χ3v) is 7.97. The Balaban J connectivity index is 1.37. The first-order valence-corrected chi connectivity index (χ1v) is 13.0. The molecule has 0 radical (unpaired) electrons. The zero-order valence-corrected chi connectivity index (χ0v) is 20.6. The number of fused-ring (bicyclic) bond motifs is 1. The van der Waals surface area contributed by atoms with Crippen LogP contribution < -0.4 is 4.74 Å². The molecule has 0 aliphatic heterocycles. The van der Waals surface area contributed by atoms with Crippen LogP contribution in [0.3, 0.4) is 0 Å². The number of rotatable bonds is 8. The van der Waals surface area contributed by atoms with Gasteiger partial charge in [0.25, 0.3) is 0 Å². The molecule has 4 rings (SSSR count). The Labute approximate surface area is 203 Å². The normalized spacial score (nSPS) is 25.1. The summed E-state index contributed by atoms with van der Waals surface area (Å²) in [5, 5.41) is 0. The van der Waals surface area contributed by atoms with Crippen molar-refractivity contribution in [3.05, 3.63) is 77.9 Å². The molecule has 2 saturated carbocycles. The van der Waals surface area contributed by atoms with E-state index in [1.807, 2.05) is 19.1 Å². The van der Waals surface area contributed by atoms with Crippen LogP contribution >= 0.6 is 0 Å². The topological polar surface area (TPSA) is 9.23 Å². The van der Waals surface area contributed by atoms with Gasteiger partial charge >= 0.3 is 0 Å². The molecule has 2 aromatic carbocycles. The van der Waals surface area contributed by atoms with Crippen LogP contribution in [-0.2, 0) is 0 Å². The predicted octanol–water partition coefficient (Wildman–Crippen LogP) is 9.24. The van der Waals surface area contributed by atoms with Crippen LogP contribution in [0.15, 0.2) is 60.7 Å². The van der Waals surface area contributed by atoms with Crippen LogP contribution in [0.5, 0.6) is 5.75 Å². The van der Waals surface area contributed by atoms with E-state index in [1.165, 1.54) is 69.1 Å². The van der Waals surface area contributed by atoms with E-state index < -0.39 is 11.6 Å². The number of ether oxygens (including phenoxy) is 1. The van der Waals surface area contributed by atoms with Gasteiger partial charge in [-0.1, -0.05) is 55.0 Å². The number of allylic oxidation sites excluding steroid dienone is 3. The first-order valence-electron chi connectivity index (χ1n) is 13.0. The van der Waals surface area contributed by atoms with Gasteiger partial charge in [0.1, 0.15) is 6.61 Å². The van der Waals surface area contributed by atoms with Gasteiger partial charge in [-0.3, -0.25) is 0 Å². The highest BCUT2D eigenvalue weighted by atomic mass is 19.1. The van der Waals surface area contributed by atoms with E-state index in [-0.39, 0.29) is 12.4 Å². The standard InChI is InChI=1S/C31H38F2O/c1-3-5-7-8-22-9-10-27-19-26(16-15-25(27)18-22)23-11-13-24(14-12-23)28-20-29(32)31(30(33)21-28)34-17-6-4-2/h3-6,11-14,20-22,25-27H,7-10,15-19H2,1-2H3/b5-3+,6-4+. The second kappa shape index (κ2) is 11.8. The molecular weight excluding hydrogens is 426 g/mol. The maximum atomic E-state index is 14.5. The molecule has 2 fully saturated rings. The maximum Gasteiger partial charge on any atom is 0.191 e. The largest absolute Gasteiger partial charge is 0.483 e. The van der Waals surface area contributed by atoms with E-state index in [4.69, 9.17) is 4.74 Å². The smallest absolute Gasteiger partial charge is 0.191 e. The fraction of sp³-hybridized carbons (Fsp3) is 0.484. The first-order chi connectivity index (χ1) is 16.6. The average Bonchev–Trinajstić information content (AvgIpc) is 2.85. The quantitative estimate of drug-likeness (QED) is 0.354. The fourth-order valence-corrected chi connectivity index (χ4v) is 6.09. The van der Waals surface area contributed by atoms with Crippen LogP contribution in [0.1, 0.15) is 76.7 Å². The lowest BCUT2D eigenvalue weighted by Gasteiger charge is -2.42. The number of benzene rings is 2. The van der Waals surface area contributed by atoms with Crippen molar-refractivity contribution in [2.45, 2.75) is 71.1 Å². The van der Waals surface area contributed by atoms with Gasteiger partial charge in [0.2, 0.25) is 0 Å². The summed E-state index contributed by atoms with van der Waals surface area (Å²) in [6.45, 7) is 4.10. The Morgan fingerprint density at radius 3 is 2.21 bits per heavy atom. The minimum absolute atomic E-state index is 0.151. The molecule has 2 aliphatic carbocycles. The SMILES string of the molecule is C/C=C/CCC1CCC2CC(c3ccc(-c4cc(F)c(OC/C=C/C)c(F)c4)cc3)CCC2C1. The molecule has 0 aromatic heterocycles. The molecule has 0 heterocycles. The molecule has 0 spiro atoms. The van der Waals surface area contributed by atoms with Crippen molar-refractivity contribution >= 4 is 0 Å². The molecule has 34 heavy (non-hydrogen) atoms. The molecule has 1 nitrogen and oxygen atoms in total. The van der Waals surface area contributed by atoms with E-state index in [0.29, 0.717) is 11.5 Å². The molecule has 0 amide bonds.